The van der Waals surface area contributed by atoms with Crippen LogP contribution in [0.1, 0.15) is 26.2 Å². The van der Waals surface area contributed by atoms with E-state index in [2.05, 4.69) is 63.9 Å². The number of para-hydroxylation sites is 1. The lowest BCUT2D eigenvalue weighted by Crippen LogP contribution is -2.46. The molecule has 0 saturated carbocycles. The zero-order valence-electron chi connectivity index (χ0n) is 17.1. The summed E-state index contributed by atoms with van der Waals surface area (Å²) in [6, 6.07) is 10.7. The summed E-state index contributed by atoms with van der Waals surface area (Å²) in [5, 5.41) is 6.80. The molecule has 1 aromatic rings. The summed E-state index contributed by atoms with van der Waals surface area (Å²) in [5.74, 6) is 2.21. The molecule has 0 unspecified atom stereocenters. The summed E-state index contributed by atoms with van der Waals surface area (Å²) in [6.07, 6.45) is 5.76. The molecule has 6 heteroatoms. The second kappa shape index (κ2) is 13.7. The van der Waals surface area contributed by atoms with E-state index in [1.165, 1.54) is 24.3 Å². The molecule has 27 heavy (non-hydrogen) atoms. The zero-order chi connectivity index (χ0) is 19.2. The molecule has 1 saturated heterocycles. The van der Waals surface area contributed by atoms with Gasteiger partial charge in [0.25, 0.3) is 0 Å². The topological polar surface area (TPSA) is 42.9 Å². The molecule has 0 radical (unpaired) electrons. The van der Waals surface area contributed by atoms with Crippen molar-refractivity contribution in [3.05, 3.63) is 30.3 Å². The van der Waals surface area contributed by atoms with Gasteiger partial charge in [-0.25, -0.2) is 0 Å². The molecule has 0 aliphatic carbocycles. The number of rotatable bonds is 11. The van der Waals surface area contributed by atoms with Crippen molar-refractivity contribution in [2.24, 2.45) is 4.99 Å². The molecular weight excluding hydrogens is 354 g/mol. The fourth-order valence-corrected chi connectivity index (χ4v) is 3.77. The van der Waals surface area contributed by atoms with Crippen molar-refractivity contribution in [1.82, 2.24) is 15.5 Å². The van der Waals surface area contributed by atoms with E-state index in [1.807, 2.05) is 11.8 Å². The van der Waals surface area contributed by atoms with Gasteiger partial charge in [-0.2, -0.15) is 11.8 Å². The zero-order valence-corrected chi connectivity index (χ0v) is 17.9. The van der Waals surface area contributed by atoms with E-state index in [-0.39, 0.29) is 0 Å². The van der Waals surface area contributed by atoms with Gasteiger partial charge in [0.05, 0.1) is 0 Å². The Kier molecular flexibility index (Phi) is 11.1. The predicted molar refractivity (Wildman–Crippen MR) is 121 cm³/mol. The van der Waals surface area contributed by atoms with Crippen molar-refractivity contribution in [3.63, 3.8) is 0 Å². The molecule has 2 N–H and O–H groups in total. The number of guanidine groups is 1. The van der Waals surface area contributed by atoms with Crippen LogP contribution in [0.2, 0.25) is 0 Å². The van der Waals surface area contributed by atoms with Crippen molar-refractivity contribution >= 4 is 23.4 Å². The Bertz CT molecular complexity index is 515. The molecule has 1 aliphatic rings. The number of anilines is 1. The number of thioether (sulfide) groups is 1. The first-order valence-corrected chi connectivity index (χ1v) is 11.8. The fourth-order valence-electron chi connectivity index (χ4n) is 3.27. The van der Waals surface area contributed by atoms with E-state index < -0.39 is 0 Å². The molecule has 2 rings (SSSR count). The first-order chi connectivity index (χ1) is 13.3. The maximum Gasteiger partial charge on any atom is 0.191 e. The van der Waals surface area contributed by atoms with E-state index >= 15 is 0 Å². The van der Waals surface area contributed by atoms with Gasteiger partial charge in [-0.1, -0.05) is 18.2 Å². The van der Waals surface area contributed by atoms with Gasteiger partial charge in [0, 0.05) is 58.0 Å². The predicted octanol–water partition coefficient (Wildman–Crippen LogP) is 2.90. The number of piperazine rings is 1. The minimum Gasteiger partial charge on any atom is -0.369 e. The molecule has 0 atom stereocenters. The number of nitrogens with one attached hydrogen (secondary N) is 2. The molecule has 0 bridgehead atoms. The van der Waals surface area contributed by atoms with Gasteiger partial charge in [-0.15, -0.1) is 0 Å². The summed E-state index contributed by atoms with van der Waals surface area (Å²) < 4.78 is 0. The van der Waals surface area contributed by atoms with E-state index in [4.69, 9.17) is 4.99 Å². The average Bonchev–Trinajstić information content (AvgIpc) is 2.72. The number of aliphatic imine (C=N–C) groups is 1. The van der Waals surface area contributed by atoms with Crippen LogP contribution < -0.4 is 15.5 Å². The van der Waals surface area contributed by atoms with Crippen LogP contribution in [0.25, 0.3) is 0 Å². The summed E-state index contributed by atoms with van der Waals surface area (Å²) in [4.78, 5) is 9.78. The Hall–Kier alpha value is -1.40. The van der Waals surface area contributed by atoms with Crippen LogP contribution in [-0.2, 0) is 0 Å². The Morgan fingerprint density at radius 2 is 1.81 bits per heavy atom. The number of unbranched alkanes of at least 4 members (excludes halogenated alkanes) is 1. The highest BCUT2D eigenvalue weighted by Gasteiger charge is 2.16. The summed E-state index contributed by atoms with van der Waals surface area (Å²) >= 11 is 1.92. The molecule has 1 fully saturated rings. The van der Waals surface area contributed by atoms with Crippen LogP contribution in [0.5, 0.6) is 0 Å². The summed E-state index contributed by atoms with van der Waals surface area (Å²) in [5.41, 5.74) is 1.35. The fraction of sp³-hybridized carbons (Fsp3) is 0.667. The molecule has 1 aliphatic heterocycles. The minimum atomic E-state index is 0.888. The molecule has 5 nitrogen and oxygen atoms in total. The Balaban J connectivity index is 1.61. The summed E-state index contributed by atoms with van der Waals surface area (Å²) in [6.45, 7) is 10.6. The molecule has 0 amide bonds. The molecule has 0 spiro atoms. The second-order valence-corrected chi connectivity index (χ2v) is 7.89. The third kappa shape index (κ3) is 8.89. The van der Waals surface area contributed by atoms with Crippen molar-refractivity contribution in [2.45, 2.75) is 26.2 Å². The van der Waals surface area contributed by atoms with Crippen LogP contribution in [0, 0.1) is 0 Å². The number of hydrogen-bond donors (Lipinski definition) is 2. The van der Waals surface area contributed by atoms with Crippen LogP contribution in [0.3, 0.4) is 0 Å². The van der Waals surface area contributed by atoms with Crippen molar-refractivity contribution in [1.29, 1.82) is 0 Å². The van der Waals surface area contributed by atoms with Crippen LogP contribution in [0.15, 0.2) is 35.3 Å². The van der Waals surface area contributed by atoms with Crippen molar-refractivity contribution < 1.29 is 0 Å². The van der Waals surface area contributed by atoms with Gasteiger partial charge in [0.2, 0.25) is 0 Å². The normalized spacial score (nSPS) is 15.8. The number of nitrogens with zero attached hydrogens (tertiary/aromatic N) is 3. The first kappa shape index (κ1) is 21.9. The highest BCUT2D eigenvalue weighted by atomic mass is 32.2. The highest BCUT2D eigenvalue weighted by molar-refractivity contribution is 7.98. The van der Waals surface area contributed by atoms with Gasteiger partial charge in [-0.3, -0.25) is 9.89 Å². The third-order valence-corrected chi connectivity index (χ3v) is 5.50. The van der Waals surface area contributed by atoms with Crippen molar-refractivity contribution in [3.8, 4) is 0 Å². The van der Waals surface area contributed by atoms with Gasteiger partial charge in [0.15, 0.2) is 5.96 Å². The third-order valence-electron chi connectivity index (χ3n) is 4.81. The average molecular weight is 392 g/mol. The molecule has 152 valence electrons. The van der Waals surface area contributed by atoms with E-state index in [0.717, 1.165) is 64.7 Å². The lowest BCUT2D eigenvalue weighted by atomic mass is 10.2. The summed E-state index contributed by atoms with van der Waals surface area (Å²) in [7, 11) is 0. The highest BCUT2D eigenvalue weighted by Crippen LogP contribution is 2.15. The molecular formula is C21H37N5S. The Morgan fingerprint density at radius 1 is 1.04 bits per heavy atom. The largest absolute Gasteiger partial charge is 0.369 e. The minimum absolute atomic E-state index is 0.888. The maximum absolute atomic E-state index is 4.73. The van der Waals surface area contributed by atoms with Gasteiger partial charge < -0.3 is 15.5 Å². The van der Waals surface area contributed by atoms with E-state index in [0.29, 0.717) is 0 Å². The lowest BCUT2D eigenvalue weighted by Gasteiger charge is -2.36. The number of hydrogen-bond acceptors (Lipinski definition) is 4. The standard InChI is InChI=1S/C21H37N5S/c1-3-22-21(23-12-7-8-19-27-2)24-13-9-14-25-15-17-26(18-16-25)20-10-5-4-6-11-20/h4-6,10-11H,3,7-9,12-19H2,1-2H3,(H2,22,23,24). The van der Waals surface area contributed by atoms with Gasteiger partial charge in [-0.05, 0) is 50.3 Å². The lowest BCUT2D eigenvalue weighted by molar-refractivity contribution is 0.256. The van der Waals surface area contributed by atoms with Crippen LogP contribution in [0.4, 0.5) is 5.69 Å². The second-order valence-electron chi connectivity index (χ2n) is 6.91. The van der Waals surface area contributed by atoms with Gasteiger partial charge >= 0.3 is 0 Å². The SMILES string of the molecule is CCNC(=NCCCN1CCN(c2ccccc2)CC1)NCCCCSC. The molecule has 1 heterocycles. The smallest absolute Gasteiger partial charge is 0.191 e. The Labute approximate surface area is 170 Å². The quantitative estimate of drug-likeness (QED) is 0.345. The molecule has 1 aromatic carbocycles. The first-order valence-electron chi connectivity index (χ1n) is 10.4. The van der Waals surface area contributed by atoms with Gasteiger partial charge in [0.1, 0.15) is 0 Å². The number of benzene rings is 1. The Morgan fingerprint density at radius 3 is 2.52 bits per heavy atom. The van der Waals surface area contributed by atoms with Crippen LogP contribution >= 0.6 is 11.8 Å². The van der Waals surface area contributed by atoms with Crippen LogP contribution in [-0.4, -0.2) is 75.2 Å². The van der Waals surface area contributed by atoms with E-state index in [1.54, 1.807) is 0 Å². The van der Waals surface area contributed by atoms with E-state index in [9.17, 15) is 0 Å². The van der Waals surface area contributed by atoms with Crippen molar-refractivity contribution in [2.75, 3.05) is 69.3 Å². The molecule has 0 aromatic heterocycles. The maximum atomic E-state index is 4.73. The monoisotopic (exact) mass is 391 g/mol.